The van der Waals surface area contributed by atoms with Gasteiger partial charge in [0, 0.05) is 88.8 Å². The lowest BCUT2D eigenvalue weighted by Gasteiger charge is -2.34. The summed E-state index contributed by atoms with van der Waals surface area (Å²) in [4.78, 5) is 60.6. The zero-order valence-electron chi connectivity index (χ0n) is 25.2. The molecule has 1 aliphatic heterocycles. The number of hydrogen-bond acceptors (Lipinski definition) is 12. The molecule has 0 spiro atoms. The van der Waals surface area contributed by atoms with Crippen LogP contribution in [0.4, 0.5) is 0 Å². The van der Waals surface area contributed by atoms with Gasteiger partial charge in [0.2, 0.25) is 0 Å². The Morgan fingerprint density at radius 2 is 1.30 bits per heavy atom. The Morgan fingerprint density at radius 1 is 0.761 bits per heavy atom. The van der Waals surface area contributed by atoms with E-state index in [1.54, 1.807) is 18.5 Å². The van der Waals surface area contributed by atoms with Crippen molar-refractivity contribution >= 4 is 35.0 Å². The van der Waals surface area contributed by atoms with Crippen LogP contribution >= 0.6 is 0 Å². The van der Waals surface area contributed by atoms with E-state index in [1.165, 1.54) is 0 Å². The molecule has 46 heavy (non-hydrogen) atoms. The molecule has 3 aromatic rings. The van der Waals surface area contributed by atoms with Gasteiger partial charge in [0.1, 0.15) is 17.9 Å². The summed E-state index contributed by atoms with van der Waals surface area (Å²) in [6, 6.07) is 6.19. The van der Waals surface area contributed by atoms with Gasteiger partial charge < -0.3 is 34.5 Å². The lowest BCUT2D eigenvalue weighted by atomic mass is 10.3. The SMILES string of the molecule is CCOCCn1c(CN2CCN(CCOc3ncccn3)CC2)nc2cccnc21.O=C(O)C=CC(=O)O.O=C(O)C=CC(=O)O. The van der Waals surface area contributed by atoms with Crippen molar-refractivity contribution in [1.82, 2.24) is 34.3 Å². The highest BCUT2D eigenvalue weighted by Gasteiger charge is 2.20. The summed E-state index contributed by atoms with van der Waals surface area (Å²) < 4.78 is 13.4. The van der Waals surface area contributed by atoms with E-state index in [9.17, 15) is 19.2 Å². The summed E-state index contributed by atoms with van der Waals surface area (Å²) in [5.41, 5.74) is 1.88. The topological polar surface area (TPSA) is 231 Å². The number of fused-ring (bicyclic) bond motifs is 1. The molecule has 1 fully saturated rings. The van der Waals surface area contributed by atoms with E-state index in [-0.39, 0.29) is 0 Å². The number of nitrogens with zero attached hydrogens (tertiary/aromatic N) is 7. The number of ether oxygens (including phenoxy) is 2. The van der Waals surface area contributed by atoms with Crippen LogP contribution in [0.25, 0.3) is 11.2 Å². The molecule has 17 nitrogen and oxygen atoms in total. The van der Waals surface area contributed by atoms with Crippen LogP contribution in [0.5, 0.6) is 6.01 Å². The number of carboxylic acid groups (broad SMARTS) is 4. The average Bonchev–Trinajstić information content (AvgIpc) is 3.38. The first-order valence-corrected chi connectivity index (χ1v) is 14.1. The molecule has 1 aliphatic rings. The molecule has 0 atom stereocenters. The number of aliphatic carboxylic acids is 4. The lowest BCUT2D eigenvalue weighted by Crippen LogP contribution is -2.47. The third kappa shape index (κ3) is 15.0. The molecular weight excluding hydrogens is 606 g/mol. The highest BCUT2D eigenvalue weighted by atomic mass is 16.5. The number of rotatable bonds is 14. The molecule has 4 N–H and O–H groups in total. The second-order valence-corrected chi connectivity index (χ2v) is 9.24. The minimum atomic E-state index is -1.26. The van der Waals surface area contributed by atoms with Gasteiger partial charge in [-0.15, -0.1) is 0 Å². The molecule has 4 rings (SSSR count). The number of piperazine rings is 1. The highest BCUT2D eigenvalue weighted by molar-refractivity contribution is 5.90. The molecule has 0 radical (unpaired) electrons. The molecule has 0 aromatic carbocycles. The van der Waals surface area contributed by atoms with Gasteiger partial charge in [-0.1, -0.05) is 0 Å². The minimum Gasteiger partial charge on any atom is -0.478 e. The molecule has 248 valence electrons. The van der Waals surface area contributed by atoms with Crippen molar-refractivity contribution in [3.8, 4) is 6.01 Å². The number of imidazole rings is 1. The van der Waals surface area contributed by atoms with Crippen LogP contribution in [0.1, 0.15) is 12.7 Å². The molecule has 0 amide bonds. The number of carboxylic acids is 4. The predicted molar refractivity (Wildman–Crippen MR) is 162 cm³/mol. The van der Waals surface area contributed by atoms with Crippen molar-refractivity contribution < 1.29 is 49.1 Å². The van der Waals surface area contributed by atoms with Crippen molar-refractivity contribution in [3.63, 3.8) is 0 Å². The van der Waals surface area contributed by atoms with Gasteiger partial charge in [0.15, 0.2) is 5.65 Å². The van der Waals surface area contributed by atoms with Gasteiger partial charge in [-0.2, -0.15) is 0 Å². The summed E-state index contributed by atoms with van der Waals surface area (Å²) in [6.07, 6.45) is 7.44. The van der Waals surface area contributed by atoms with Gasteiger partial charge in [-0.05, 0) is 25.1 Å². The Hall–Kier alpha value is -5.26. The van der Waals surface area contributed by atoms with Crippen molar-refractivity contribution in [2.75, 3.05) is 52.5 Å². The number of aromatic nitrogens is 5. The first-order valence-electron chi connectivity index (χ1n) is 14.1. The van der Waals surface area contributed by atoms with E-state index in [4.69, 9.17) is 34.9 Å². The first-order chi connectivity index (χ1) is 22.1. The van der Waals surface area contributed by atoms with Crippen LogP contribution in [0.3, 0.4) is 0 Å². The van der Waals surface area contributed by atoms with Crippen LogP contribution in [0.15, 0.2) is 61.1 Å². The quantitative estimate of drug-likeness (QED) is 0.141. The second kappa shape index (κ2) is 20.7. The number of pyridine rings is 1. The molecule has 17 heteroatoms. The van der Waals surface area contributed by atoms with Crippen LogP contribution < -0.4 is 4.74 Å². The Kier molecular flexibility index (Phi) is 16.6. The molecule has 1 saturated heterocycles. The van der Waals surface area contributed by atoms with Crippen molar-refractivity contribution in [2.45, 2.75) is 20.0 Å². The molecular formula is C29H37N7O10. The normalized spacial score (nSPS) is 13.5. The van der Waals surface area contributed by atoms with Gasteiger partial charge >= 0.3 is 29.9 Å². The Balaban J connectivity index is 0.000000381. The zero-order valence-corrected chi connectivity index (χ0v) is 25.2. The highest BCUT2D eigenvalue weighted by Crippen LogP contribution is 2.16. The van der Waals surface area contributed by atoms with Crippen LogP contribution in [0, 0.1) is 0 Å². The third-order valence-electron chi connectivity index (χ3n) is 5.99. The van der Waals surface area contributed by atoms with Crippen molar-refractivity contribution in [2.24, 2.45) is 0 Å². The summed E-state index contributed by atoms with van der Waals surface area (Å²) >= 11 is 0. The largest absolute Gasteiger partial charge is 0.478 e. The Bertz CT molecular complexity index is 1390. The Labute approximate surface area is 264 Å². The summed E-state index contributed by atoms with van der Waals surface area (Å²) in [5.74, 6) is -3.97. The Morgan fingerprint density at radius 3 is 1.85 bits per heavy atom. The van der Waals surface area contributed by atoms with E-state index < -0.39 is 23.9 Å². The van der Waals surface area contributed by atoms with Crippen LogP contribution in [0.2, 0.25) is 0 Å². The molecule has 0 saturated carbocycles. The van der Waals surface area contributed by atoms with Crippen LogP contribution in [-0.4, -0.2) is 131 Å². The maximum Gasteiger partial charge on any atom is 0.328 e. The van der Waals surface area contributed by atoms with Gasteiger partial charge in [0.25, 0.3) is 0 Å². The van der Waals surface area contributed by atoms with Gasteiger partial charge in [-0.25, -0.2) is 39.1 Å². The maximum absolute atomic E-state index is 9.55. The van der Waals surface area contributed by atoms with Crippen molar-refractivity contribution in [3.05, 3.63) is 66.9 Å². The minimum absolute atomic E-state index is 0.440. The lowest BCUT2D eigenvalue weighted by molar-refractivity contribution is -0.134. The first kappa shape index (κ1) is 36.9. The number of hydrogen-bond donors (Lipinski definition) is 4. The maximum atomic E-state index is 9.55. The fourth-order valence-electron chi connectivity index (χ4n) is 3.94. The van der Waals surface area contributed by atoms with E-state index in [0.717, 1.165) is 69.4 Å². The standard InChI is InChI=1S/C21H29N7O2.2C4H4O4/c1-2-29-15-14-28-19(25-18-5-3-6-22-20(18)28)17-27-11-9-26(10-12-27)13-16-30-21-23-7-4-8-24-21;2*5-3(6)1-2-4(7)8/h3-8H,2,9-17H2,1H3;2*1-2H,(H,5,6)(H,7,8). The fraction of sp³-hybridized carbons (Fsp3) is 0.379. The second-order valence-electron chi connectivity index (χ2n) is 9.24. The summed E-state index contributed by atoms with van der Waals surface area (Å²) in [5, 5.41) is 31.2. The predicted octanol–water partition coefficient (Wildman–Crippen LogP) is 0.878. The van der Waals surface area contributed by atoms with E-state index in [1.807, 2.05) is 25.3 Å². The fourth-order valence-corrected chi connectivity index (χ4v) is 3.94. The molecule has 4 heterocycles. The molecule has 3 aromatic heterocycles. The summed E-state index contributed by atoms with van der Waals surface area (Å²) in [7, 11) is 0. The van der Waals surface area contributed by atoms with E-state index in [2.05, 4.69) is 29.3 Å². The molecule has 0 aliphatic carbocycles. The van der Waals surface area contributed by atoms with Crippen LogP contribution in [-0.2, 0) is 37.0 Å². The monoisotopic (exact) mass is 643 g/mol. The van der Waals surface area contributed by atoms with E-state index in [0.29, 0.717) is 43.5 Å². The smallest absolute Gasteiger partial charge is 0.328 e. The summed E-state index contributed by atoms with van der Waals surface area (Å²) in [6.45, 7) is 10.5. The molecule has 0 bridgehead atoms. The third-order valence-corrected chi connectivity index (χ3v) is 5.99. The molecule has 0 unspecified atom stereocenters. The van der Waals surface area contributed by atoms with E-state index >= 15 is 0 Å². The number of carbonyl (C=O) groups is 4. The zero-order chi connectivity index (χ0) is 33.7. The average molecular weight is 644 g/mol. The van der Waals surface area contributed by atoms with Gasteiger partial charge in [0.05, 0.1) is 13.2 Å². The van der Waals surface area contributed by atoms with Crippen molar-refractivity contribution in [1.29, 1.82) is 0 Å². The van der Waals surface area contributed by atoms with Gasteiger partial charge in [-0.3, -0.25) is 9.80 Å².